The highest BCUT2D eigenvalue weighted by Crippen LogP contribution is 2.53. The standard InChI is InChI=1S/C24H21NO2/c1-14-5-4-7-16(11-14)23-20-12-15-6-2-3-8-18(15)22(20)19-13-17(24(26)27)9-10-21(19)25-23/h2-11,13,20,22-23,25H,12H2,1H3,(H,26,27)/t20-,22-,23+/m1/s1. The van der Waals surface area contributed by atoms with E-state index in [1.165, 1.54) is 22.3 Å². The lowest BCUT2D eigenvalue weighted by Crippen LogP contribution is -2.30. The van der Waals surface area contributed by atoms with E-state index >= 15 is 0 Å². The summed E-state index contributed by atoms with van der Waals surface area (Å²) in [6, 6.07) is 23.0. The molecule has 0 aromatic heterocycles. The molecular weight excluding hydrogens is 334 g/mol. The Balaban J connectivity index is 1.69. The number of hydrogen-bond donors (Lipinski definition) is 2. The molecule has 3 atom stereocenters. The van der Waals surface area contributed by atoms with Crippen LogP contribution in [0.25, 0.3) is 0 Å². The summed E-state index contributed by atoms with van der Waals surface area (Å²) < 4.78 is 0. The molecule has 2 N–H and O–H groups in total. The molecule has 2 aliphatic rings. The van der Waals surface area contributed by atoms with Crippen LogP contribution in [0.5, 0.6) is 0 Å². The Bertz CT molecular complexity index is 1060. The first kappa shape index (κ1) is 16.1. The molecule has 3 heteroatoms. The van der Waals surface area contributed by atoms with Gasteiger partial charge in [0, 0.05) is 11.6 Å². The molecule has 5 rings (SSSR count). The molecule has 1 aliphatic heterocycles. The van der Waals surface area contributed by atoms with Crippen molar-refractivity contribution in [3.05, 3.63) is 100 Å². The van der Waals surface area contributed by atoms with Gasteiger partial charge in [-0.25, -0.2) is 4.79 Å². The molecule has 3 aromatic carbocycles. The van der Waals surface area contributed by atoms with Crippen molar-refractivity contribution in [3.8, 4) is 0 Å². The molecule has 134 valence electrons. The first-order valence-electron chi connectivity index (χ1n) is 9.40. The Morgan fingerprint density at radius 3 is 2.67 bits per heavy atom. The predicted octanol–water partition coefficient (Wildman–Crippen LogP) is 5.16. The molecule has 3 nitrogen and oxygen atoms in total. The third-order valence-electron chi connectivity index (χ3n) is 6.05. The maximum atomic E-state index is 11.5. The fourth-order valence-corrected chi connectivity index (χ4v) is 4.89. The van der Waals surface area contributed by atoms with Crippen molar-refractivity contribution in [2.45, 2.75) is 25.3 Å². The molecule has 0 radical (unpaired) electrons. The third kappa shape index (κ3) is 2.54. The molecule has 0 amide bonds. The Morgan fingerprint density at radius 1 is 1.00 bits per heavy atom. The second kappa shape index (κ2) is 5.98. The third-order valence-corrected chi connectivity index (χ3v) is 6.05. The van der Waals surface area contributed by atoms with Crippen molar-refractivity contribution in [3.63, 3.8) is 0 Å². The maximum absolute atomic E-state index is 11.5. The first-order chi connectivity index (χ1) is 13.1. The van der Waals surface area contributed by atoms with Gasteiger partial charge >= 0.3 is 5.97 Å². The van der Waals surface area contributed by atoms with E-state index in [0.29, 0.717) is 11.5 Å². The van der Waals surface area contributed by atoms with Gasteiger partial charge in [-0.05, 0) is 59.7 Å². The first-order valence-corrected chi connectivity index (χ1v) is 9.40. The van der Waals surface area contributed by atoms with E-state index in [1.54, 1.807) is 6.07 Å². The average Bonchev–Trinajstić information content (AvgIpc) is 3.06. The summed E-state index contributed by atoms with van der Waals surface area (Å²) in [6.07, 6.45) is 1.00. The van der Waals surface area contributed by atoms with Crippen molar-refractivity contribution in [1.29, 1.82) is 0 Å². The van der Waals surface area contributed by atoms with Gasteiger partial charge in [-0.2, -0.15) is 0 Å². The van der Waals surface area contributed by atoms with Crippen LogP contribution in [-0.4, -0.2) is 11.1 Å². The molecule has 0 saturated heterocycles. The molecule has 0 fully saturated rings. The number of carboxylic acids is 1. The van der Waals surface area contributed by atoms with Crippen LogP contribution in [0.2, 0.25) is 0 Å². The molecule has 0 bridgehead atoms. The van der Waals surface area contributed by atoms with Gasteiger partial charge in [0.15, 0.2) is 0 Å². The van der Waals surface area contributed by atoms with Crippen LogP contribution in [0.1, 0.15) is 50.1 Å². The number of carboxylic acid groups (broad SMARTS) is 1. The van der Waals surface area contributed by atoms with Crippen LogP contribution < -0.4 is 5.32 Å². The van der Waals surface area contributed by atoms with Crippen molar-refractivity contribution in [2.24, 2.45) is 5.92 Å². The Morgan fingerprint density at radius 2 is 1.85 bits per heavy atom. The number of rotatable bonds is 2. The van der Waals surface area contributed by atoms with Gasteiger partial charge in [-0.3, -0.25) is 0 Å². The SMILES string of the molecule is Cc1cccc([C@@H]2Nc3ccc(C(=O)O)cc3[C@H]3c4ccccc4C[C@H]32)c1. The quantitative estimate of drug-likeness (QED) is 0.667. The molecule has 0 saturated carbocycles. The van der Waals surface area contributed by atoms with Gasteiger partial charge in [0.25, 0.3) is 0 Å². The van der Waals surface area contributed by atoms with Crippen molar-refractivity contribution < 1.29 is 9.90 Å². The van der Waals surface area contributed by atoms with Gasteiger partial charge < -0.3 is 10.4 Å². The highest BCUT2D eigenvalue weighted by atomic mass is 16.4. The van der Waals surface area contributed by atoms with Crippen molar-refractivity contribution >= 4 is 11.7 Å². The smallest absolute Gasteiger partial charge is 0.335 e. The number of aryl methyl sites for hydroxylation is 1. The van der Waals surface area contributed by atoms with Gasteiger partial charge in [0.2, 0.25) is 0 Å². The second-order valence-electron chi connectivity index (χ2n) is 7.69. The van der Waals surface area contributed by atoms with Crippen LogP contribution in [0.4, 0.5) is 5.69 Å². The van der Waals surface area contributed by atoms with E-state index < -0.39 is 5.97 Å². The van der Waals surface area contributed by atoms with Gasteiger partial charge in [-0.15, -0.1) is 0 Å². The lowest BCUT2D eigenvalue weighted by atomic mass is 9.75. The van der Waals surface area contributed by atoms with Gasteiger partial charge in [0.1, 0.15) is 0 Å². The highest BCUT2D eigenvalue weighted by molar-refractivity contribution is 5.89. The highest BCUT2D eigenvalue weighted by Gasteiger charge is 2.43. The van der Waals surface area contributed by atoms with E-state index in [1.807, 2.05) is 12.1 Å². The minimum atomic E-state index is -0.874. The Hall–Kier alpha value is -3.07. The minimum Gasteiger partial charge on any atom is -0.478 e. The summed E-state index contributed by atoms with van der Waals surface area (Å²) in [5.41, 5.74) is 7.77. The molecule has 1 heterocycles. The molecule has 3 aromatic rings. The zero-order valence-electron chi connectivity index (χ0n) is 15.1. The van der Waals surface area contributed by atoms with E-state index in [0.717, 1.165) is 17.7 Å². The lowest BCUT2D eigenvalue weighted by Gasteiger charge is -2.38. The topological polar surface area (TPSA) is 49.3 Å². The fraction of sp³-hybridized carbons (Fsp3) is 0.208. The van der Waals surface area contributed by atoms with Crippen LogP contribution >= 0.6 is 0 Å². The molecule has 0 unspecified atom stereocenters. The number of anilines is 1. The number of nitrogens with one attached hydrogen (secondary N) is 1. The lowest BCUT2D eigenvalue weighted by molar-refractivity contribution is 0.0696. The van der Waals surface area contributed by atoms with Crippen LogP contribution in [0, 0.1) is 12.8 Å². The number of fused-ring (bicyclic) bond motifs is 5. The number of carbonyl (C=O) groups is 1. The number of hydrogen-bond acceptors (Lipinski definition) is 2. The van der Waals surface area contributed by atoms with E-state index in [4.69, 9.17) is 0 Å². The van der Waals surface area contributed by atoms with Crippen LogP contribution in [0.3, 0.4) is 0 Å². The zero-order valence-corrected chi connectivity index (χ0v) is 15.1. The zero-order chi connectivity index (χ0) is 18.5. The second-order valence-corrected chi connectivity index (χ2v) is 7.69. The molecular formula is C24H21NO2. The van der Waals surface area contributed by atoms with E-state index in [2.05, 4.69) is 60.8 Å². The summed E-state index contributed by atoms with van der Waals surface area (Å²) in [4.78, 5) is 11.5. The number of benzene rings is 3. The predicted molar refractivity (Wildman–Crippen MR) is 106 cm³/mol. The van der Waals surface area contributed by atoms with Gasteiger partial charge in [0.05, 0.1) is 11.6 Å². The number of aromatic carboxylic acids is 1. The Labute approximate surface area is 158 Å². The van der Waals surface area contributed by atoms with Crippen molar-refractivity contribution in [2.75, 3.05) is 5.32 Å². The minimum absolute atomic E-state index is 0.213. The van der Waals surface area contributed by atoms with E-state index in [9.17, 15) is 9.90 Å². The largest absolute Gasteiger partial charge is 0.478 e. The molecule has 0 spiro atoms. The summed E-state index contributed by atoms with van der Waals surface area (Å²) in [6.45, 7) is 2.13. The van der Waals surface area contributed by atoms with Crippen LogP contribution in [-0.2, 0) is 6.42 Å². The summed E-state index contributed by atoms with van der Waals surface area (Å²) in [5, 5.41) is 13.2. The summed E-state index contributed by atoms with van der Waals surface area (Å²) in [5.74, 6) is -0.274. The molecule has 1 aliphatic carbocycles. The summed E-state index contributed by atoms with van der Waals surface area (Å²) in [7, 11) is 0. The molecule has 27 heavy (non-hydrogen) atoms. The normalized spacial score (nSPS) is 22.3. The van der Waals surface area contributed by atoms with Crippen LogP contribution in [0.15, 0.2) is 66.7 Å². The van der Waals surface area contributed by atoms with E-state index in [-0.39, 0.29) is 12.0 Å². The fourth-order valence-electron chi connectivity index (χ4n) is 4.89. The van der Waals surface area contributed by atoms with Crippen molar-refractivity contribution in [1.82, 2.24) is 0 Å². The average molecular weight is 355 g/mol. The Kier molecular flexibility index (Phi) is 3.57. The summed E-state index contributed by atoms with van der Waals surface area (Å²) >= 11 is 0. The van der Waals surface area contributed by atoms with Gasteiger partial charge in [-0.1, -0.05) is 54.1 Å². The maximum Gasteiger partial charge on any atom is 0.335 e. The monoisotopic (exact) mass is 355 g/mol.